The maximum atomic E-state index is 12.1. The topological polar surface area (TPSA) is 101 Å². The fourth-order valence-electron chi connectivity index (χ4n) is 2.24. The molecular formula is C13H19NO5S2. The fourth-order valence-corrected chi connectivity index (χ4v) is 5.49. The van der Waals surface area contributed by atoms with E-state index in [1.165, 1.54) is 0 Å². The monoisotopic (exact) mass is 333 g/mol. The zero-order chi connectivity index (χ0) is 15.5. The van der Waals surface area contributed by atoms with Crippen LogP contribution in [0.3, 0.4) is 0 Å². The van der Waals surface area contributed by atoms with Gasteiger partial charge in [-0.3, -0.25) is 0 Å². The maximum absolute atomic E-state index is 12.1. The van der Waals surface area contributed by atoms with E-state index < -0.39 is 25.1 Å². The second kappa shape index (κ2) is 6.43. The molecule has 1 fully saturated rings. The minimum Gasteiger partial charge on any atom is -0.392 e. The smallest absolute Gasteiger partial charge is 0.214 e. The number of sulfonamides is 1. The second-order valence-electron chi connectivity index (χ2n) is 5.19. The summed E-state index contributed by atoms with van der Waals surface area (Å²) >= 11 is 0. The number of sulfone groups is 1. The number of hydrogen-bond acceptors (Lipinski definition) is 5. The van der Waals surface area contributed by atoms with Gasteiger partial charge in [-0.05, 0) is 24.0 Å². The van der Waals surface area contributed by atoms with Crippen molar-refractivity contribution in [2.45, 2.75) is 31.2 Å². The van der Waals surface area contributed by atoms with Gasteiger partial charge in [-0.25, -0.2) is 21.6 Å². The van der Waals surface area contributed by atoms with E-state index in [-0.39, 0.29) is 37.5 Å². The van der Waals surface area contributed by atoms with Gasteiger partial charge in [0.2, 0.25) is 10.0 Å². The van der Waals surface area contributed by atoms with E-state index in [4.69, 9.17) is 5.11 Å². The molecule has 1 saturated heterocycles. The standard InChI is InChI=1S/C13H19NO5S2/c15-10-12-3-1-11(2-4-12)9-14-21(18,19)13-5-7-20(16,17)8-6-13/h1-4,13-15H,5-10H2. The van der Waals surface area contributed by atoms with Gasteiger partial charge < -0.3 is 5.11 Å². The van der Waals surface area contributed by atoms with E-state index in [1.807, 2.05) is 0 Å². The molecule has 0 amide bonds. The quantitative estimate of drug-likeness (QED) is 0.800. The lowest BCUT2D eigenvalue weighted by atomic mass is 10.1. The average molecular weight is 333 g/mol. The number of nitrogens with one attached hydrogen (secondary N) is 1. The van der Waals surface area contributed by atoms with Gasteiger partial charge in [0.05, 0.1) is 23.4 Å². The molecule has 2 rings (SSSR count). The Hall–Kier alpha value is -0.960. The summed E-state index contributed by atoms with van der Waals surface area (Å²) in [4.78, 5) is 0. The molecule has 1 aromatic carbocycles. The van der Waals surface area contributed by atoms with Crippen LogP contribution in [0.2, 0.25) is 0 Å². The van der Waals surface area contributed by atoms with Crippen LogP contribution in [-0.4, -0.2) is 38.7 Å². The first-order valence-electron chi connectivity index (χ1n) is 6.70. The average Bonchev–Trinajstić information content (AvgIpc) is 2.45. The molecule has 0 aromatic heterocycles. The molecule has 0 unspecified atom stereocenters. The van der Waals surface area contributed by atoms with Crippen molar-refractivity contribution < 1.29 is 21.9 Å². The molecule has 1 heterocycles. The molecule has 0 spiro atoms. The van der Waals surface area contributed by atoms with E-state index in [0.29, 0.717) is 0 Å². The van der Waals surface area contributed by atoms with Crippen LogP contribution in [0.1, 0.15) is 24.0 Å². The highest BCUT2D eigenvalue weighted by Crippen LogP contribution is 2.19. The van der Waals surface area contributed by atoms with Crippen molar-refractivity contribution in [3.8, 4) is 0 Å². The number of rotatable bonds is 5. The molecule has 0 atom stereocenters. The number of hydrogen-bond donors (Lipinski definition) is 2. The maximum Gasteiger partial charge on any atom is 0.214 e. The fraction of sp³-hybridized carbons (Fsp3) is 0.538. The highest BCUT2D eigenvalue weighted by atomic mass is 32.2. The Morgan fingerprint density at radius 1 is 1.10 bits per heavy atom. The van der Waals surface area contributed by atoms with Crippen LogP contribution in [0.4, 0.5) is 0 Å². The van der Waals surface area contributed by atoms with Gasteiger partial charge in [0.25, 0.3) is 0 Å². The Bertz CT molecular complexity index is 666. The minimum atomic E-state index is -3.51. The van der Waals surface area contributed by atoms with Crippen LogP contribution >= 0.6 is 0 Å². The molecule has 1 aromatic rings. The number of aliphatic hydroxyl groups is 1. The minimum absolute atomic E-state index is 0.0530. The normalized spacial score (nSPS) is 19.5. The molecule has 21 heavy (non-hydrogen) atoms. The Kier molecular flexibility index (Phi) is 5.03. The molecule has 118 valence electrons. The molecule has 6 nitrogen and oxygen atoms in total. The summed E-state index contributed by atoms with van der Waals surface area (Å²) in [6.45, 7) is 0.111. The molecule has 0 radical (unpaired) electrons. The molecule has 8 heteroatoms. The zero-order valence-corrected chi connectivity index (χ0v) is 13.2. The van der Waals surface area contributed by atoms with E-state index in [1.54, 1.807) is 24.3 Å². The lowest BCUT2D eigenvalue weighted by molar-refractivity contribution is 0.282. The van der Waals surface area contributed by atoms with Crippen molar-refractivity contribution in [2.75, 3.05) is 11.5 Å². The van der Waals surface area contributed by atoms with Crippen molar-refractivity contribution in [1.82, 2.24) is 4.72 Å². The predicted octanol–water partition coefficient (Wildman–Crippen LogP) is 0.175. The Morgan fingerprint density at radius 2 is 1.62 bits per heavy atom. The van der Waals surface area contributed by atoms with Crippen molar-refractivity contribution in [3.63, 3.8) is 0 Å². The first-order valence-corrected chi connectivity index (χ1v) is 10.1. The molecule has 1 aliphatic heterocycles. The van der Waals surface area contributed by atoms with Crippen LogP contribution in [-0.2, 0) is 33.0 Å². The van der Waals surface area contributed by atoms with Gasteiger partial charge in [-0.2, -0.15) is 0 Å². The number of benzene rings is 1. The SMILES string of the molecule is O=S1(=O)CCC(S(=O)(=O)NCc2ccc(CO)cc2)CC1. The van der Waals surface area contributed by atoms with Crippen LogP contribution < -0.4 is 4.72 Å². The number of aliphatic hydroxyl groups excluding tert-OH is 1. The first kappa shape index (κ1) is 16.4. The second-order valence-corrected chi connectivity index (χ2v) is 9.54. The molecule has 2 N–H and O–H groups in total. The van der Waals surface area contributed by atoms with Gasteiger partial charge in [-0.15, -0.1) is 0 Å². The van der Waals surface area contributed by atoms with Crippen LogP contribution in [0, 0.1) is 0 Å². The molecule has 0 aliphatic carbocycles. The lowest BCUT2D eigenvalue weighted by Gasteiger charge is -2.22. The van der Waals surface area contributed by atoms with E-state index in [9.17, 15) is 16.8 Å². The van der Waals surface area contributed by atoms with Gasteiger partial charge in [0.15, 0.2) is 0 Å². The van der Waals surface area contributed by atoms with Crippen LogP contribution in [0.5, 0.6) is 0 Å². The van der Waals surface area contributed by atoms with Crippen molar-refractivity contribution >= 4 is 19.9 Å². The van der Waals surface area contributed by atoms with Gasteiger partial charge in [-0.1, -0.05) is 24.3 Å². The van der Waals surface area contributed by atoms with E-state index in [2.05, 4.69) is 4.72 Å². The lowest BCUT2D eigenvalue weighted by Crippen LogP contribution is -2.39. The summed E-state index contributed by atoms with van der Waals surface area (Å²) in [6.07, 6.45) is 0.308. The Labute approximate surface area is 125 Å². The van der Waals surface area contributed by atoms with E-state index in [0.717, 1.165) is 11.1 Å². The van der Waals surface area contributed by atoms with Crippen molar-refractivity contribution in [1.29, 1.82) is 0 Å². The van der Waals surface area contributed by atoms with E-state index >= 15 is 0 Å². The summed E-state index contributed by atoms with van der Waals surface area (Å²) in [5, 5.41) is 8.30. The molecule has 0 bridgehead atoms. The molecular weight excluding hydrogens is 314 g/mol. The van der Waals surface area contributed by atoms with Crippen LogP contribution in [0.15, 0.2) is 24.3 Å². The summed E-state index contributed by atoms with van der Waals surface area (Å²) in [7, 11) is -6.58. The highest BCUT2D eigenvalue weighted by molar-refractivity contribution is 7.92. The first-order chi connectivity index (χ1) is 9.82. The third-order valence-corrected chi connectivity index (χ3v) is 7.23. The summed E-state index contributed by atoms with van der Waals surface area (Å²) in [5.41, 5.74) is 1.55. The zero-order valence-electron chi connectivity index (χ0n) is 11.5. The largest absolute Gasteiger partial charge is 0.392 e. The molecule has 1 aliphatic rings. The molecule has 0 saturated carbocycles. The van der Waals surface area contributed by atoms with Gasteiger partial charge in [0, 0.05) is 6.54 Å². The summed E-state index contributed by atoms with van der Waals surface area (Å²) in [5.74, 6) is -0.131. The summed E-state index contributed by atoms with van der Waals surface area (Å²) in [6, 6.07) is 6.96. The Morgan fingerprint density at radius 3 is 2.14 bits per heavy atom. The van der Waals surface area contributed by atoms with Crippen molar-refractivity contribution in [3.05, 3.63) is 35.4 Å². The highest BCUT2D eigenvalue weighted by Gasteiger charge is 2.32. The van der Waals surface area contributed by atoms with Crippen LogP contribution in [0.25, 0.3) is 0 Å². The van der Waals surface area contributed by atoms with Gasteiger partial charge >= 0.3 is 0 Å². The Balaban J connectivity index is 1.95. The summed E-state index contributed by atoms with van der Waals surface area (Å²) < 4.78 is 49.5. The van der Waals surface area contributed by atoms with Gasteiger partial charge in [0.1, 0.15) is 9.84 Å². The third kappa shape index (κ3) is 4.50. The third-order valence-electron chi connectivity index (χ3n) is 3.62. The van der Waals surface area contributed by atoms with Crippen molar-refractivity contribution in [2.24, 2.45) is 0 Å². The predicted molar refractivity (Wildman–Crippen MR) is 79.8 cm³/mol.